The van der Waals surface area contributed by atoms with Gasteiger partial charge in [0.2, 0.25) is 5.91 Å². The van der Waals surface area contributed by atoms with E-state index in [1.165, 1.54) is 17.4 Å². The summed E-state index contributed by atoms with van der Waals surface area (Å²) in [5, 5.41) is 14.3. The van der Waals surface area contributed by atoms with Gasteiger partial charge in [0.25, 0.3) is 0 Å². The summed E-state index contributed by atoms with van der Waals surface area (Å²) >= 11 is 0. The zero-order valence-corrected chi connectivity index (χ0v) is 10.8. The maximum absolute atomic E-state index is 12.0. The predicted molar refractivity (Wildman–Crippen MR) is 66.2 cm³/mol. The summed E-state index contributed by atoms with van der Waals surface area (Å²) < 4.78 is 1.47. The van der Waals surface area contributed by atoms with Crippen molar-refractivity contribution < 1.29 is 4.79 Å². The number of amides is 1. The number of halogens is 1. The topological polar surface area (TPSA) is 75.9 Å². The van der Waals surface area contributed by atoms with Gasteiger partial charge in [-0.05, 0) is 35.7 Å². The van der Waals surface area contributed by atoms with E-state index in [-0.39, 0.29) is 24.9 Å². The first-order valence-corrected chi connectivity index (χ1v) is 6.05. The Hall–Kier alpha value is -1.21. The van der Waals surface area contributed by atoms with Gasteiger partial charge in [0.1, 0.15) is 12.9 Å². The Kier molecular flexibility index (Phi) is 4.13. The molecule has 7 nitrogen and oxygen atoms in total. The van der Waals surface area contributed by atoms with Crippen LogP contribution in [0.15, 0.2) is 6.33 Å². The number of nitrogens with zero attached hydrogens (tertiary/aromatic N) is 5. The SMILES string of the molecule is Cl.O=C(Cn1cnnn1)N1CCC2NCCC2C1. The van der Waals surface area contributed by atoms with Crippen molar-refractivity contribution in [3.05, 3.63) is 6.33 Å². The van der Waals surface area contributed by atoms with E-state index < -0.39 is 0 Å². The minimum Gasteiger partial charge on any atom is -0.341 e. The molecule has 0 aromatic carbocycles. The Morgan fingerprint density at radius 3 is 3.11 bits per heavy atom. The number of rotatable bonds is 2. The molecule has 2 fully saturated rings. The number of hydrogen-bond donors (Lipinski definition) is 1. The summed E-state index contributed by atoms with van der Waals surface area (Å²) in [7, 11) is 0. The zero-order valence-electron chi connectivity index (χ0n) is 10.0. The van der Waals surface area contributed by atoms with Crippen LogP contribution in [0.25, 0.3) is 0 Å². The Balaban J connectivity index is 0.00000120. The molecule has 2 unspecified atom stereocenters. The van der Waals surface area contributed by atoms with E-state index in [9.17, 15) is 4.79 Å². The summed E-state index contributed by atoms with van der Waals surface area (Å²) in [5.74, 6) is 0.740. The molecule has 3 rings (SSSR count). The number of likely N-dealkylation sites (tertiary alicyclic amines) is 1. The lowest BCUT2D eigenvalue weighted by Crippen LogP contribution is -2.47. The first-order chi connectivity index (χ1) is 8.33. The highest BCUT2D eigenvalue weighted by atomic mass is 35.5. The van der Waals surface area contributed by atoms with Crippen molar-refractivity contribution in [1.82, 2.24) is 30.4 Å². The van der Waals surface area contributed by atoms with Crippen LogP contribution in [0.4, 0.5) is 0 Å². The number of nitrogens with one attached hydrogen (secondary N) is 1. The Morgan fingerprint density at radius 1 is 1.44 bits per heavy atom. The third kappa shape index (κ3) is 2.62. The smallest absolute Gasteiger partial charge is 0.244 e. The van der Waals surface area contributed by atoms with Gasteiger partial charge in [-0.25, -0.2) is 4.68 Å². The van der Waals surface area contributed by atoms with Gasteiger partial charge in [0.15, 0.2) is 0 Å². The number of fused-ring (bicyclic) bond motifs is 1. The van der Waals surface area contributed by atoms with Gasteiger partial charge in [0, 0.05) is 19.1 Å². The van der Waals surface area contributed by atoms with E-state index in [1.807, 2.05) is 4.90 Å². The molecule has 0 aliphatic carbocycles. The fraction of sp³-hybridized carbons (Fsp3) is 0.800. The molecular weight excluding hydrogens is 256 g/mol. The van der Waals surface area contributed by atoms with E-state index in [1.54, 1.807) is 0 Å². The van der Waals surface area contributed by atoms with Gasteiger partial charge >= 0.3 is 0 Å². The van der Waals surface area contributed by atoms with Crippen LogP contribution in [0.2, 0.25) is 0 Å². The van der Waals surface area contributed by atoms with Crippen molar-refractivity contribution in [3.8, 4) is 0 Å². The second-order valence-corrected chi connectivity index (χ2v) is 4.75. The summed E-state index contributed by atoms with van der Waals surface area (Å²) in [6, 6.07) is 0.618. The average Bonchev–Trinajstić information content (AvgIpc) is 2.97. The van der Waals surface area contributed by atoms with Crippen LogP contribution in [0, 0.1) is 5.92 Å². The highest BCUT2D eigenvalue weighted by Gasteiger charge is 2.34. The standard InChI is InChI=1S/C10H16N6O.ClH/c17-10(6-16-7-12-13-14-16)15-4-2-9-8(5-15)1-3-11-9;/h7-9,11H,1-6H2;1H. The molecule has 1 aromatic rings. The van der Waals surface area contributed by atoms with E-state index in [0.29, 0.717) is 12.0 Å². The van der Waals surface area contributed by atoms with Gasteiger partial charge in [0.05, 0.1) is 0 Å². The third-order valence-corrected chi connectivity index (χ3v) is 3.70. The van der Waals surface area contributed by atoms with Crippen LogP contribution in [0.5, 0.6) is 0 Å². The molecule has 1 N–H and O–H groups in total. The lowest BCUT2D eigenvalue weighted by atomic mass is 9.93. The van der Waals surface area contributed by atoms with Crippen LogP contribution < -0.4 is 5.32 Å². The summed E-state index contributed by atoms with van der Waals surface area (Å²) in [6.07, 6.45) is 3.72. The minimum absolute atomic E-state index is 0. The maximum atomic E-state index is 12.0. The number of carbonyl (C=O) groups is 1. The van der Waals surface area contributed by atoms with Crippen molar-refractivity contribution in [1.29, 1.82) is 0 Å². The molecule has 0 bridgehead atoms. The Labute approximate surface area is 111 Å². The molecule has 0 radical (unpaired) electrons. The van der Waals surface area contributed by atoms with Crippen molar-refractivity contribution >= 4 is 18.3 Å². The van der Waals surface area contributed by atoms with E-state index in [0.717, 1.165) is 26.1 Å². The molecule has 1 aromatic heterocycles. The van der Waals surface area contributed by atoms with Gasteiger partial charge in [-0.2, -0.15) is 0 Å². The molecule has 8 heteroatoms. The molecule has 2 saturated heterocycles. The van der Waals surface area contributed by atoms with Crippen molar-refractivity contribution in [2.75, 3.05) is 19.6 Å². The first kappa shape index (κ1) is 13.2. The van der Waals surface area contributed by atoms with E-state index in [2.05, 4.69) is 20.8 Å². The highest BCUT2D eigenvalue weighted by molar-refractivity contribution is 5.85. The number of tetrazole rings is 1. The quantitative estimate of drug-likeness (QED) is 0.771. The largest absolute Gasteiger partial charge is 0.341 e. The average molecular weight is 273 g/mol. The molecule has 0 saturated carbocycles. The van der Waals surface area contributed by atoms with Crippen molar-refractivity contribution in [3.63, 3.8) is 0 Å². The molecule has 2 aliphatic heterocycles. The molecule has 100 valence electrons. The van der Waals surface area contributed by atoms with Crippen LogP contribution >= 0.6 is 12.4 Å². The van der Waals surface area contributed by atoms with Crippen LogP contribution in [-0.2, 0) is 11.3 Å². The number of hydrogen-bond acceptors (Lipinski definition) is 5. The van der Waals surface area contributed by atoms with Gasteiger partial charge in [-0.1, -0.05) is 0 Å². The molecule has 2 aliphatic rings. The Bertz CT molecular complexity index is 397. The molecule has 3 heterocycles. The van der Waals surface area contributed by atoms with Gasteiger partial charge in [-0.15, -0.1) is 17.5 Å². The zero-order chi connectivity index (χ0) is 11.7. The molecule has 2 atom stereocenters. The summed E-state index contributed by atoms with van der Waals surface area (Å²) in [4.78, 5) is 14.0. The molecule has 1 amide bonds. The predicted octanol–water partition coefficient (Wildman–Crippen LogP) is -0.695. The van der Waals surface area contributed by atoms with Crippen LogP contribution in [0.1, 0.15) is 12.8 Å². The summed E-state index contributed by atoms with van der Waals surface area (Å²) in [6.45, 7) is 3.05. The fourth-order valence-corrected chi connectivity index (χ4v) is 2.77. The highest BCUT2D eigenvalue weighted by Crippen LogP contribution is 2.24. The Morgan fingerprint density at radius 2 is 2.33 bits per heavy atom. The van der Waals surface area contributed by atoms with Crippen molar-refractivity contribution in [2.24, 2.45) is 5.92 Å². The minimum atomic E-state index is 0. The number of carbonyl (C=O) groups excluding carboxylic acids is 1. The third-order valence-electron chi connectivity index (χ3n) is 3.70. The molecular formula is C10H17ClN6O. The molecule has 18 heavy (non-hydrogen) atoms. The number of aromatic nitrogens is 4. The fourth-order valence-electron chi connectivity index (χ4n) is 2.77. The second-order valence-electron chi connectivity index (χ2n) is 4.75. The summed E-state index contributed by atoms with van der Waals surface area (Å²) in [5.41, 5.74) is 0. The molecule has 0 spiro atoms. The van der Waals surface area contributed by atoms with Crippen LogP contribution in [0.3, 0.4) is 0 Å². The lowest BCUT2D eigenvalue weighted by molar-refractivity contribution is -0.134. The van der Waals surface area contributed by atoms with Crippen molar-refractivity contribution in [2.45, 2.75) is 25.4 Å². The van der Waals surface area contributed by atoms with Gasteiger partial charge in [-0.3, -0.25) is 4.79 Å². The lowest BCUT2D eigenvalue weighted by Gasteiger charge is -2.34. The van der Waals surface area contributed by atoms with Gasteiger partial charge < -0.3 is 10.2 Å². The maximum Gasteiger partial charge on any atom is 0.244 e. The van der Waals surface area contributed by atoms with Crippen LogP contribution in [-0.4, -0.2) is 56.7 Å². The first-order valence-electron chi connectivity index (χ1n) is 6.05. The van der Waals surface area contributed by atoms with E-state index >= 15 is 0 Å². The normalized spacial score (nSPS) is 26.6. The number of piperidine rings is 1. The monoisotopic (exact) mass is 272 g/mol. The second kappa shape index (κ2) is 5.62. The van der Waals surface area contributed by atoms with E-state index in [4.69, 9.17) is 0 Å².